The van der Waals surface area contributed by atoms with Crippen molar-refractivity contribution in [2.24, 2.45) is 0 Å². The molecule has 188 valence electrons. The zero-order valence-electron chi connectivity index (χ0n) is 22.2. The van der Waals surface area contributed by atoms with Crippen LogP contribution in [0.2, 0.25) is 0 Å². The van der Waals surface area contributed by atoms with Crippen LogP contribution in [0.3, 0.4) is 0 Å². The largest absolute Gasteiger partial charge is 0.459 e. The van der Waals surface area contributed by atoms with Crippen LogP contribution in [-0.4, -0.2) is 78.1 Å². The second kappa shape index (κ2) is 10.4. The summed E-state index contributed by atoms with van der Waals surface area (Å²) in [5.41, 5.74) is 5.95. The molecule has 3 aromatic rings. The first-order valence-electron chi connectivity index (χ1n) is 12.7. The highest BCUT2D eigenvalue weighted by molar-refractivity contribution is 5.95. The quantitative estimate of drug-likeness (QED) is 0.462. The van der Waals surface area contributed by atoms with Gasteiger partial charge in [0.2, 0.25) is 0 Å². The van der Waals surface area contributed by atoms with E-state index in [1.54, 1.807) is 0 Å². The Hall–Kier alpha value is -2.90. The Morgan fingerprint density at radius 2 is 1.83 bits per heavy atom. The van der Waals surface area contributed by atoms with E-state index in [1.807, 2.05) is 51.2 Å². The van der Waals surface area contributed by atoms with Crippen molar-refractivity contribution in [1.82, 2.24) is 19.2 Å². The number of fused-ring (bicyclic) bond motifs is 1. The monoisotopic (exact) mass is 477 g/mol. The number of anilines is 1. The smallest absolute Gasteiger partial charge is 0.338 e. The molecule has 0 radical (unpaired) electrons. The zero-order valence-corrected chi connectivity index (χ0v) is 22.2. The molecule has 1 saturated heterocycles. The molecule has 1 aliphatic rings. The van der Waals surface area contributed by atoms with E-state index in [2.05, 4.69) is 58.3 Å². The van der Waals surface area contributed by atoms with Crippen molar-refractivity contribution in [3.8, 4) is 11.1 Å². The summed E-state index contributed by atoms with van der Waals surface area (Å²) >= 11 is 0. The highest BCUT2D eigenvalue weighted by atomic mass is 16.5. The summed E-state index contributed by atoms with van der Waals surface area (Å²) in [5.74, 6) is 0.635. The number of hydrogen-bond donors (Lipinski definition) is 0. The molecule has 1 atom stereocenters. The number of nitrogens with zero attached hydrogens (tertiary/aromatic N) is 5. The fraction of sp³-hybridized carbons (Fsp3) is 0.500. The number of ether oxygens (including phenoxy) is 1. The fourth-order valence-corrected chi connectivity index (χ4v) is 5.08. The number of esters is 1. The molecule has 4 rings (SSSR count). The van der Waals surface area contributed by atoms with Crippen LogP contribution in [0.15, 0.2) is 36.7 Å². The Bertz CT molecular complexity index is 1190. The number of piperazine rings is 1. The van der Waals surface area contributed by atoms with Gasteiger partial charge in [-0.25, -0.2) is 9.78 Å². The lowest BCUT2D eigenvalue weighted by Crippen LogP contribution is -2.47. The maximum atomic E-state index is 13.2. The molecule has 0 amide bonds. The highest BCUT2D eigenvalue weighted by Crippen LogP contribution is 2.34. The van der Waals surface area contributed by atoms with Crippen LogP contribution < -0.4 is 4.90 Å². The molecule has 7 nitrogen and oxygen atoms in total. The van der Waals surface area contributed by atoms with E-state index >= 15 is 0 Å². The minimum atomic E-state index is -0.264. The fourth-order valence-electron chi connectivity index (χ4n) is 5.08. The average molecular weight is 478 g/mol. The third kappa shape index (κ3) is 5.07. The van der Waals surface area contributed by atoms with E-state index in [1.165, 1.54) is 0 Å². The maximum absolute atomic E-state index is 13.2. The average Bonchev–Trinajstić information content (AvgIpc) is 3.26. The summed E-state index contributed by atoms with van der Waals surface area (Å²) in [4.78, 5) is 24.7. The molecular weight excluding hydrogens is 438 g/mol. The molecule has 3 aromatic heterocycles. The highest BCUT2D eigenvalue weighted by Gasteiger charge is 2.27. The number of pyridine rings is 2. The SMILES string of the molecule is CCN1CCN(C(C)c2c(C)c(C(=O)OC(C)C)cc3c(-c4ccnc(N(C)C)c4)ccn23)CC1. The van der Waals surface area contributed by atoms with Crippen LogP contribution in [0.25, 0.3) is 16.6 Å². The van der Waals surface area contributed by atoms with Crippen molar-refractivity contribution >= 4 is 17.3 Å². The van der Waals surface area contributed by atoms with Crippen LogP contribution >= 0.6 is 0 Å². The van der Waals surface area contributed by atoms with Crippen molar-refractivity contribution in [2.45, 2.75) is 46.8 Å². The summed E-state index contributed by atoms with van der Waals surface area (Å²) in [6.45, 7) is 15.6. The van der Waals surface area contributed by atoms with Gasteiger partial charge in [0.25, 0.3) is 0 Å². The molecule has 0 bridgehead atoms. The zero-order chi connectivity index (χ0) is 25.3. The van der Waals surface area contributed by atoms with Gasteiger partial charge in [0.15, 0.2) is 0 Å². The standard InChI is InChI=1S/C28H39N5O2/c1-8-31-13-15-32(16-14-31)21(5)27-20(4)24(28(34)35-19(2)3)18-25-23(10-12-33(25)27)22-9-11-29-26(17-22)30(6)7/h9-12,17-19,21H,8,13-16H2,1-7H3. The summed E-state index contributed by atoms with van der Waals surface area (Å²) in [5, 5.41) is 0. The second-order valence-electron chi connectivity index (χ2n) is 9.95. The summed E-state index contributed by atoms with van der Waals surface area (Å²) in [7, 11) is 3.98. The topological polar surface area (TPSA) is 53.3 Å². The molecule has 1 unspecified atom stereocenters. The molecule has 0 N–H and O–H groups in total. The first-order chi connectivity index (χ1) is 16.7. The predicted molar refractivity (Wildman–Crippen MR) is 142 cm³/mol. The van der Waals surface area contributed by atoms with Crippen molar-refractivity contribution in [3.63, 3.8) is 0 Å². The lowest BCUT2D eigenvalue weighted by atomic mass is 9.99. The van der Waals surface area contributed by atoms with Crippen molar-refractivity contribution in [2.75, 3.05) is 51.7 Å². The van der Waals surface area contributed by atoms with Crippen LogP contribution in [0, 0.1) is 6.92 Å². The third-order valence-corrected chi connectivity index (χ3v) is 7.13. The normalized spacial score (nSPS) is 16.1. The summed E-state index contributed by atoms with van der Waals surface area (Å²) in [6.07, 6.45) is 3.81. The van der Waals surface area contributed by atoms with Gasteiger partial charge >= 0.3 is 5.97 Å². The van der Waals surface area contributed by atoms with Crippen LogP contribution in [0.4, 0.5) is 5.82 Å². The molecule has 4 heterocycles. The molecule has 0 aromatic carbocycles. The molecule has 0 spiro atoms. The van der Waals surface area contributed by atoms with E-state index in [-0.39, 0.29) is 18.1 Å². The minimum absolute atomic E-state index is 0.165. The van der Waals surface area contributed by atoms with Gasteiger partial charge in [-0.2, -0.15) is 0 Å². The second-order valence-corrected chi connectivity index (χ2v) is 9.95. The Balaban J connectivity index is 1.86. The van der Waals surface area contributed by atoms with Gasteiger partial charge in [-0.3, -0.25) is 4.90 Å². The Morgan fingerprint density at radius 1 is 1.11 bits per heavy atom. The summed E-state index contributed by atoms with van der Waals surface area (Å²) < 4.78 is 7.93. The van der Waals surface area contributed by atoms with Gasteiger partial charge in [0.05, 0.1) is 17.2 Å². The molecule has 1 fully saturated rings. The van der Waals surface area contributed by atoms with E-state index in [9.17, 15) is 4.79 Å². The van der Waals surface area contributed by atoms with Crippen LogP contribution in [0.1, 0.15) is 55.4 Å². The number of likely N-dealkylation sites (N-methyl/N-ethyl adjacent to an activating group) is 1. The molecular formula is C28H39N5O2. The van der Waals surface area contributed by atoms with Crippen molar-refractivity contribution in [3.05, 3.63) is 53.5 Å². The van der Waals surface area contributed by atoms with Gasteiger partial charge in [0, 0.05) is 70.0 Å². The van der Waals surface area contributed by atoms with Crippen molar-refractivity contribution < 1.29 is 9.53 Å². The summed E-state index contributed by atoms with van der Waals surface area (Å²) in [6, 6.07) is 8.43. The lowest BCUT2D eigenvalue weighted by Gasteiger charge is -2.38. The van der Waals surface area contributed by atoms with Crippen LogP contribution in [0.5, 0.6) is 0 Å². The molecule has 0 aliphatic carbocycles. The Labute approximate surface area is 209 Å². The molecule has 7 heteroatoms. The maximum Gasteiger partial charge on any atom is 0.338 e. The molecule has 1 aliphatic heterocycles. The van der Waals surface area contributed by atoms with Gasteiger partial charge in [0.1, 0.15) is 5.82 Å². The number of carbonyl (C=O) groups is 1. The minimum Gasteiger partial charge on any atom is -0.459 e. The van der Waals surface area contributed by atoms with Crippen molar-refractivity contribution in [1.29, 1.82) is 0 Å². The molecule has 0 saturated carbocycles. The predicted octanol–water partition coefficient (Wildman–Crippen LogP) is 4.64. The third-order valence-electron chi connectivity index (χ3n) is 7.13. The number of carbonyl (C=O) groups excluding carboxylic acids is 1. The van der Waals surface area contributed by atoms with Gasteiger partial charge < -0.3 is 18.9 Å². The van der Waals surface area contributed by atoms with E-state index in [0.717, 1.165) is 66.4 Å². The first kappa shape index (κ1) is 25.2. The molecule has 35 heavy (non-hydrogen) atoms. The lowest BCUT2D eigenvalue weighted by molar-refractivity contribution is 0.0376. The van der Waals surface area contributed by atoms with E-state index in [4.69, 9.17) is 4.74 Å². The number of rotatable bonds is 7. The van der Waals surface area contributed by atoms with E-state index in [0.29, 0.717) is 5.56 Å². The van der Waals surface area contributed by atoms with E-state index < -0.39 is 0 Å². The van der Waals surface area contributed by atoms with Gasteiger partial charge in [-0.15, -0.1) is 0 Å². The Kier molecular flexibility index (Phi) is 7.47. The van der Waals surface area contributed by atoms with Gasteiger partial charge in [-0.05, 0) is 69.6 Å². The number of aromatic nitrogens is 2. The Morgan fingerprint density at radius 3 is 2.46 bits per heavy atom. The number of hydrogen-bond acceptors (Lipinski definition) is 6. The first-order valence-corrected chi connectivity index (χ1v) is 12.7. The van der Waals surface area contributed by atoms with Gasteiger partial charge in [-0.1, -0.05) is 6.92 Å². The van der Waals surface area contributed by atoms with Crippen LogP contribution in [-0.2, 0) is 4.74 Å².